The Balaban J connectivity index is 1.65. The van der Waals surface area contributed by atoms with Crippen LogP contribution in [-0.2, 0) is 18.7 Å². The number of aryl methyl sites for hydroxylation is 1. The first-order chi connectivity index (χ1) is 16.2. The third-order valence-electron chi connectivity index (χ3n) is 5.38. The number of aromatic nitrogens is 3. The van der Waals surface area contributed by atoms with Gasteiger partial charge in [-0.3, -0.25) is 0 Å². The predicted molar refractivity (Wildman–Crippen MR) is 131 cm³/mol. The molecule has 0 atom stereocenters. The lowest BCUT2D eigenvalue weighted by Crippen LogP contribution is -2.06. The number of hydrogen-bond acceptors (Lipinski definition) is 6. The average Bonchev–Trinajstić information content (AvgIpc) is 3.28. The molecule has 0 spiro atoms. The Hall–Kier alpha value is -3.45. The van der Waals surface area contributed by atoms with Gasteiger partial charge in [0.25, 0.3) is 0 Å². The summed E-state index contributed by atoms with van der Waals surface area (Å²) in [7, 11) is 5.02. The molecule has 0 radical (unpaired) electrons. The fraction of sp³-hybridized carbons (Fsp3) is 0.231. The van der Waals surface area contributed by atoms with E-state index in [9.17, 15) is 0 Å². The summed E-state index contributed by atoms with van der Waals surface area (Å²) in [5.74, 6) is 3.87. The maximum atomic E-state index is 5.59. The summed E-state index contributed by atoms with van der Waals surface area (Å²) in [4.78, 5) is 0. The van der Waals surface area contributed by atoms with Crippen molar-refractivity contribution in [2.45, 2.75) is 23.9 Å². The van der Waals surface area contributed by atoms with E-state index in [2.05, 4.69) is 39.0 Å². The van der Waals surface area contributed by atoms with Crippen LogP contribution in [0.4, 0.5) is 0 Å². The minimum atomic E-state index is 0.676. The number of thioether (sulfide) groups is 1. The third-order valence-corrected chi connectivity index (χ3v) is 6.39. The Kier molecular flexibility index (Phi) is 7.52. The molecule has 0 fully saturated rings. The smallest absolute Gasteiger partial charge is 0.191 e. The van der Waals surface area contributed by atoms with Crippen LogP contribution < -0.4 is 14.2 Å². The largest absolute Gasteiger partial charge is 0.497 e. The topological polar surface area (TPSA) is 58.4 Å². The fourth-order valence-electron chi connectivity index (χ4n) is 3.65. The number of benzene rings is 3. The summed E-state index contributed by atoms with van der Waals surface area (Å²) in [6.45, 7) is 0.752. The Bertz CT molecular complexity index is 1190. The predicted octanol–water partition coefficient (Wildman–Crippen LogP) is 5.51. The molecule has 0 saturated carbocycles. The molecule has 3 aromatic carbocycles. The fourth-order valence-corrected chi connectivity index (χ4v) is 4.59. The van der Waals surface area contributed by atoms with Gasteiger partial charge in [0.15, 0.2) is 11.0 Å². The molecular weight excluding hydrogens is 434 g/mol. The Morgan fingerprint density at radius 3 is 2.30 bits per heavy atom. The number of hydrogen-bond donors (Lipinski definition) is 0. The average molecular weight is 462 g/mol. The second-order valence-electron chi connectivity index (χ2n) is 7.36. The van der Waals surface area contributed by atoms with Crippen molar-refractivity contribution >= 4 is 11.8 Å². The molecule has 6 nitrogen and oxygen atoms in total. The number of ether oxygens (including phenoxy) is 3. The minimum absolute atomic E-state index is 0.676. The van der Waals surface area contributed by atoms with Crippen molar-refractivity contribution in [3.05, 3.63) is 83.9 Å². The van der Waals surface area contributed by atoms with Crippen molar-refractivity contribution in [2.24, 2.45) is 0 Å². The summed E-state index contributed by atoms with van der Waals surface area (Å²) in [6.07, 6.45) is 0.872. The van der Waals surface area contributed by atoms with Gasteiger partial charge >= 0.3 is 0 Å². The van der Waals surface area contributed by atoms with Crippen molar-refractivity contribution < 1.29 is 14.2 Å². The zero-order valence-corrected chi connectivity index (χ0v) is 19.8. The van der Waals surface area contributed by atoms with Crippen molar-refractivity contribution in [3.63, 3.8) is 0 Å². The molecule has 4 aromatic rings. The molecule has 0 bridgehead atoms. The van der Waals surface area contributed by atoms with Crippen LogP contribution in [-0.4, -0.2) is 36.1 Å². The van der Waals surface area contributed by atoms with Gasteiger partial charge in [-0.1, -0.05) is 54.2 Å². The number of rotatable bonds is 10. The molecule has 170 valence electrons. The van der Waals surface area contributed by atoms with Gasteiger partial charge in [0.05, 0.1) is 26.9 Å². The van der Waals surface area contributed by atoms with E-state index < -0.39 is 0 Å². The lowest BCUT2D eigenvalue weighted by atomic mass is 10.1. The number of para-hydroxylation sites is 1. The molecule has 0 aliphatic heterocycles. The maximum Gasteiger partial charge on any atom is 0.191 e. The third kappa shape index (κ3) is 5.31. The number of methoxy groups -OCH3 is 3. The molecule has 33 heavy (non-hydrogen) atoms. The lowest BCUT2D eigenvalue weighted by molar-refractivity contribution is 0.400. The second-order valence-corrected chi connectivity index (χ2v) is 8.30. The molecule has 0 aliphatic rings. The van der Waals surface area contributed by atoms with Gasteiger partial charge in [-0.2, -0.15) is 0 Å². The summed E-state index contributed by atoms with van der Waals surface area (Å²) in [6, 6.07) is 24.2. The minimum Gasteiger partial charge on any atom is -0.497 e. The van der Waals surface area contributed by atoms with Crippen LogP contribution in [0.3, 0.4) is 0 Å². The van der Waals surface area contributed by atoms with E-state index >= 15 is 0 Å². The van der Waals surface area contributed by atoms with E-state index in [0.29, 0.717) is 5.75 Å². The highest BCUT2D eigenvalue weighted by molar-refractivity contribution is 7.98. The van der Waals surface area contributed by atoms with E-state index in [0.717, 1.165) is 52.3 Å². The molecule has 0 saturated heterocycles. The molecule has 4 rings (SSSR count). The SMILES string of the molecule is COc1ccc(OC)c(CSc2nnc(-c3ccccc3OC)n2CCc2ccccc2)c1. The maximum absolute atomic E-state index is 5.59. The van der Waals surface area contributed by atoms with E-state index in [4.69, 9.17) is 14.2 Å². The van der Waals surface area contributed by atoms with Gasteiger partial charge < -0.3 is 18.8 Å². The quantitative estimate of drug-likeness (QED) is 0.291. The molecule has 0 amide bonds. The van der Waals surface area contributed by atoms with Crippen LogP contribution in [0.25, 0.3) is 11.4 Å². The second kappa shape index (κ2) is 10.9. The van der Waals surface area contributed by atoms with E-state index in [1.807, 2.05) is 48.5 Å². The standard InChI is InChI=1S/C26H27N3O3S/c1-30-21-13-14-23(31-2)20(17-21)18-33-26-28-27-25(22-11-7-8-12-24(22)32-3)29(26)16-15-19-9-5-4-6-10-19/h4-14,17H,15-16,18H2,1-3H3. The van der Waals surface area contributed by atoms with Gasteiger partial charge in [-0.25, -0.2) is 0 Å². The zero-order chi connectivity index (χ0) is 23.0. The molecular formula is C26H27N3O3S. The lowest BCUT2D eigenvalue weighted by Gasteiger charge is -2.13. The van der Waals surface area contributed by atoms with Gasteiger partial charge in [0.2, 0.25) is 0 Å². The van der Waals surface area contributed by atoms with Crippen LogP contribution >= 0.6 is 11.8 Å². The van der Waals surface area contributed by atoms with Crippen LogP contribution in [0.2, 0.25) is 0 Å². The van der Waals surface area contributed by atoms with Crippen LogP contribution in [0.5, 0.6) is 17.2 Å². The Morgan fingerprint density at radius 1 is 0.788 bits per heavy atom. The summed E-state index contributed by atoms with van der Waals surface area (Å²) >= 11 is 1.63. The normalized spacial score (nSPS) is 10.8. The van der Waals surface area contributed by atoms with Crippen LogP contribution in [0.1, 0.15) is 11.1 Å². The van der Waals surface area contributed by atoms with Crippen LogP contribution in [0, 0.1) is 0 Å². The summed E-state index contributed by atoms with van der Waals surface area (Å²) < 4.78 is 18.7. The zero-order valence-electron chi connectivity index (χ0n) is 19.0. The molecule has 1 heterocycles. The van der Waals surface area contributed by atoms with Crippen molar-refractivity contribution in [3.8, 4) is 28.6 Å². The van der Waals surface area contributed by atoms with E-state index in [-0.39, 0.29) is 0 Å². The molecule has 0 aliphatic carbocycles. The van der Waals surface area contributed by atoms with Crippen molar-refractivity contribution in [2.75, 3.05) is 21.3 Å². The summed E-state index contributed by atoms with van der Waals surface area (Å²) in [5, 5.41) is 9.94. The monoisotopic (exact) mass is 461 g/mol. The Labute approximate surface area is 198 Å². The number of nitrogens with zero attached hydrogens (tertiary/aromatic N) is 3. The van der Waals surface area contributed by atoms with Gasteiger partial charge in [-0.15, -0.1) is 10.2 Å². The Morgan fingerprint density at radius 2 is 1.55 bits per heavy atom. The highest BCUT2D eigenvalue weighted by atomic mass is 32.2. The van der Waals surface area contributed by atoms with E-state index in [1.54, 1.807) is 33.1 Å². The molecule has 0 N–H and O–H groups in total. The molecule has 1 aromatic heterocycles. The highest BCUT2D eigenvalue weighted by Gasteiger charge is 2.18. The van der Waals surface area contributed by atoms with Crippen molar-refractivity contribution in [1.82, 2.24) is 14.8 Å². The first-order valence-corrected chi connectivity index (χ1v) is 11.7. The van der Waals surface area contributed by atoms with Gasteiger partial charge in [0, 0.05) is 17.9 Å². The summed E-state index contributed by atoms with van der Waals surface area (Å²) in [5.41, 5.74) is 3.23. The molecule has 0 unspecified atom stereocenters. The first-order valence-electron chi connectivity index (χ1n) is 10.7. The van der Waals surface area contributed by atoms with Crippen LogP contribution in [0.15, 0.2) is 78.0 Å². The van der Waals surface area contributed by atoms with Gasteiger partial charge in [-0.05, 0) is 42.3 Å². The van der Waals surface area contributed by atoms with Gasteiger partial charge in [0.1, 0.15) is 17.2 Å². The first kappa shape index (κ1) is 22.7. The highest BCUT2D eigenvalue weighted by Crippen LogP contribution is 2.34. The van der Waals surface area contributed by atoms with Crippen molar-refractivity contribution in [1.29, 1.82) is 0 Å². The van der Waals surface area contributed by atoms with E-state index in [1.165, 1.54) is 5.56 Å². The molecule has 7 heteroatoms.